The number of aliphatic hydroxyl groups excluding tert-OH is 2. The van der Waals surface area contributed by atoms with E-state index < -0.39 is 23.6 Å². The van der Waals surface area contributed by atoms with Gasteiger partial charge in [-0.3, -0.25) is 14.3 Å². The van der Waals surface area contributed by atoms with Gasteiger partial charge in [-0.05, 0) is 29.5 Å². The van der Waals surface area contributed by atoms with E-state index in [1.165, 1.54) is 6.20 Å². The van der Waals surface area contributed by atoms with Gasteiger partial charge in [0.05, 0.1) is 6.61 Å². The zero-order chi connectivity index (χ0) is 19.3. The number of aromatic amines is 1. The Hall–Kier alpha value is -2.42. The number of aliphatic hydroxyl groups is 2. The minimum absolute atomic E-state index is 0.0872. The van der Waals surface area contributed by atoms with Crippen LogP contribution in [0.25, 0.3) is 0 Å². The molecule has 0 aliphatic heterocycles. The van der Waals surface area contributed by atoms with Crippen LogP contribution < -0.4 is 17.0 Å². The molecule has 1 aromatic carbocycles. The fourth-order valence-electron chi connectivity index (χ4n) is 2.60. The molecule has 0 saturated carbocycles. The van der Waals surface area contributed by atoms with Gasteiger partial charge in [0, 0.05) is 24.6 Å². The third kappa shape index (κ3) is 4.81. The van der Waals surface area contributed by atoms with E-state index in [-0.39, 0.29) is 25.0 Å². The highest BCUT2D eigenvalue weighted by Crippen LogP contribution is 2.26. The standard InChI is InChI=1S/C18H25N3O5/c1-11(9-22)12(2)16(26-10-13-3-5-14(19)6-4-13)17(24)21-8-7-15(23)20-18(21)25/h3-8,11-12,16-17,22,24H,9-10,19H2,1-2H3,(H,20,23,25). The van der Waals surface area contributed by atoms with Gasteiger partial charge in [-0.15, -0.1) is 0 Å². The van der Waals surface area contributed by atoms with Gasteiger partial charge in [0.25, 0.3) is 5.56 Å². The van der Waals surface area contributed by atoms with Crippen molar-refractivity contribution in [1.29, 1.82) is 0 Å². The predicted molar refractivity (Wildman–Crippen MR) is 97.4 cm³/mol. The van der Waals surface area contributed by atoms with Crippen molar-refractivity contribution in [3.8, 4) is 0 Å². The molecule has 2 rings (SSSR count). The summed E-state index contributed by atoms with van der Waals surface area (Å²) in [5.41, 5.74) is 5.88. The van der Waals surface area contributed by atoms with Crippen molar-refractivity contribution in [2.45, 2.75) is 32.8 Å². The van der Waals surface area contributed by atoms with E-state index in [1.807, 2.05) is 26.0 Å². The van der Waals surface area contributed by atoms with E-state index in [1.54, 1.807) is 12.1 Å². The summed E-state index contributed by atoms with van der Waals surface area (Å²) in [6.07, 6.45) is -0.877. The fraction of sp³-hybridized carbons (Fsp3) is 0.444. The second-order valence-electron chi connectivity index (χ2n) is 6.47. The van der Waals surface area contributed by atoms with Gasteiger partial charge in [0.15, 0.2) is 6.23 Å². The van der Waals surface area contributed by atoms with Crippen LogP contribution in [0.4, 0.5) is 5.69 Å². The number of rotatable bonds is 8. The molecule has 1 heterocycles. The molecule has 0 amide bonds. The summed E-state index contributed by atoms with van der Waals surface area (Å²) < 4.78 is 6.91. The van der Waals surface area contributed by atoms with Gasteiger partial charge in [0.1, 0.15) is 6.10 Å². The Balaban J connectivity index is 2.25. The summed E-state index contributed by atoms with van der Waals surface area (Å²) in [6, 6.07) is 8.27. The van der Waals surface area contributed by atoms with Crippen molar-refractivity contribution in [3.05, 3.63) is 62.9 Å². The number of nitrogens with zero attached hydrogens (tertiary/aromatic N) is 1. The molecule has 0 saturated heterocycles. The Morgan fingerprint density at radius 2 is 1.85 bits per heavy atom. The Bertz CT molecular complexity index is 815. The summed E-state index contributed by atoms with van der Waals surface area (Å²) in [5, 5.41) is 20.1. The Labute approximate surface area is 150 Å². The molecule has 0 spiro atoms. The van der Waals surface area contributed by atoms with Gasteiger partial charge >= 0.3 is 5.69 Å². The van der Waals surface area contributed by atoms with Gasteiger partial charge in [-0.1, -0.05) is 26.0 Å². The lowest BCUT2D eigenvalue weighted by molar-refractivity contribution is -0.118. The van der Waals surface area contributed by atoms with Crippen LogP contribution >= 0.6 is 0 Å². The number of anilines is 1. The van der Waals surface area contributed by atoms with E-state index in [0.29, 0.717) is 5.69 Å². The maximum Gasteiger partial charge on any atom is 0.330 e. The van der Waals surface area contributed by atoms with Gasteiger partial charge < -0.3 is 20.7 Å². The fourth-order valence-corrected chi connectivity index (χ4v) is 2.60. The average Bonchev–Trinajstić information content (AvgIpc) is 2.62. The van der Waals surface area contributed by atoms with E-state index >= 15 is 0 Å². The average molecular weight is 363 g/mol. The largest absolute Gasteiger partial charge is 0.399 e. The maximum absolute atomic E-state index is 12.0. The molecular weight excluding hydrogens is 338 g/mol. The molecule has 8 nitrogen and oxygen atoms in total. The lowest BCUT2D eigenvalue weighted by atomic mass is 9.90. The Morgan fingerprint density at radius 3 is 2.42 bits per heavy atom. The number of benzene rings is 1. The van der Waals surface area contributed by atoms with Crippen molar-refractivity contribution in [3.63, 3.8) is 0 Å². The number of hydrogen-bond acceptors (Lipinski definition) is 6. The van der Waals surface area contributed by atoms with E-state index in [9.17, 15) is 19.8 Å². The van der Waals surface area contributed by atoms with Crippen molar-refractivity contribution < 1.29 is 14.9 Å². The first-order chi connectivity index (χ1) is 12.3. The number of hydrogen-bond donors (Lipinski definition) is 4. The van der Waals surface area contributed by atoms with Gasteiger partial charge in [-0.2, -0.15) is 0 Å². The number of aromatic nitrogens is 2. The molecule has 8 heteroatoms. The van der Waals surface area contributed by atoms with Crippen molar-refractivity contribution in [2.24, 2.45) is 11.8 Å². The SMILES string of the molecule is CC(CO)C(C)C(OCc1ccc(N)cc1)C(O)n1ccc(=O)[nH]c1=O. The number of nitrogen functional groups attached to an aromatic ring is 1. The normalized spacial score (nSPS) is 16.0. The second-order valence-corrected chi connectivity index (χ2v) is 6.47. The van der Waals surface area contributed by atoms with Crippen LogP contribution in [0.2, 0.25) is 0 Å². The lowest BCUT2D eigenvalue weighted by Gasteiger charge is -2.32. The van der Waals surface area contributed by atoms with Crippen LogP contribution in [-0.2, 0) is 11.3 Å². The van der Waals surface area contributed by atoms with Crippen molar-refractivity contribution in [2.75, 3.05) is 12.3 Å². The molecule has 4 atom stereocenters. The molecule has 4 unspecified atom stereocenters. The summed E-state index contributed by atoms with van der Waals surface area (Å²) in [6.45, 7) is 3.76. The molecule has 2 aromatic rings. The first-order valence-corrected chi connectivity index (χ1v) is 8.40. The maximum atomic E-state index is 12.0. The van der Waals surface area contributed by atoms with Crippen molar-refractivity contribution >= 4 is 5.69 Å². The van der Waals surface area contributed by atoms with Crippen molar-refractivity contribution in [1.82, 2.24) is 9.55 Å². The zero-order valence-electron chi connectivity index (χ0n) is 14.8. The van der Waals surface area contributed by atoms with Gasteiger partial charge in [0.2, 0.25) is 0 Å². The minimum atomic E-state index is -1.32. The molecule has 0 aliphatic carbocycles. The van der Waals surface area contributed by atoms with Crippen LogP contribution in [0, 0.1) is 11.8 Å². The number of ether oxygens (including phenoxy) is 1. The Morgan fingerprint density at radius 1 is 1.19 bits per heavy atom. The molecule has 1 aromatic heterocycles. The molecule has 0 fully saturated rings. The van der Waals surface area contributed by atoms with E-state index in [0.717, 1.165) is 16.2 Å². The molecule has 5 N–H and O–H groups in total. The third-order valence-electron chi connectivity index (χ3n) is 4.56. The predicted octanol–water partition coefficient (Wildman–Crippen LogP) is 0.460. The third-order valence-corrected chi connectivity index (χ3v) is 4.56. The molecule has 26 heavy (non-hydrogen) atoms. The highest BCUT2D eigenvalue weighted by molar-refractivity contribution is 5.39. The van der Waals surface area contributed by atoms with E-state index in [4.69, 9.17) is 10.5 Å². The highest BCUT2D eigenvalue weighted by atomic mass is 16.5. The molecule has 0 aliphatic rings. The quantitative estimate of drug-likeness (QED) is 0.504. The monoisotopic (exact) mass is 363 g/mol. The zero-order valence-corrected chi connectivity index (χ0v) is 14.8. The first-order valence-electron chi connectivity index (χ1n) is 8.40. The first kappa shape index (κ1) is 19.9. The molecule has 142 valence electrons. The number of nitrogens with one attached hydrogen (secondary N) is 1. The summed E-state index contributed by atoms with van der Waals surface area (Å²) >= 11 is 0. The van der Waals surface area contributed by atoms with Crippen LogP contribution in [0.15, 0.2) is 46.1 Å². The number of H-pyrrole nitrogens is 1. The number of nitrogens with two attached hydrogens (primary N) is 1. The second kappa shape index (κ2) is 8.79. The molecule has 0 bridgehead atoms. The summed E-state index contributed by atoms with van der Waals surface area (Å²) in [5.74, 6) is -0.429. The summed E-state index contributed by atoms with van der Waals surface area (Å²) in [7, 11) is 0. The van der Waals surface area contributed by atoms with Crippen LogP contribution in [-0.4, -0.2) is 32.5 Å². The van der Waals surface area contributed by atoms with E-state index in [2.05, 4.69) is 4.98 Å². The molecule has 0 radical (unpaired) electrons. The van der Waals surface area contributed by atoms with Gasteiger partial charge in [-0.25, -0.2) is 4.79 Å². The molecular formula is C18H25N3O5. The van der Waals surface area contributed by atoms with Crippen LogP contribution in [0.5, 0.6) is 0 Å². The van der Waals surface area contributed by atoms with Crippen LogP contribution in [0.1, 0.15) is 25.6 Å². The Kier molecular flexibility index (Phi) is 6.73. The summed E-state index contributed by atoms with van der Waals surface area (Å²) in [4.78, 5) is 25.3. The lowest BCUT2D eigenvalue weighted by Crippen LogP contribution is -2.41. The topological polar surface area (TPSA) is 131 Å². The minimum Gasteiger partial charge on any atom is -0.399 e. The smallest absolute Gasteiger partial charge is 0.330 e. The van der Waals surface area contributed by atoms with Crippen LogP contribution in [0.3, 0.4) is 0 Å². The highest BCUT2D eigenvalue weighted by Gasteiger charge is 2.31.